The van der Waals surface area contributed by atoms with Crippen molar-refractivity contribution in [2.24, 2.45) is 0 Å². The molecule has 0 unspecified atom stereocenters. The van der Waals surface area contributed by atoms with Crippen LogP contribution in [-0.4, -0.2) is 23.6 Å². The standard InChI is InChI=1S/C14H17ClN4O/c1-3-16-14-17-8-11(15)13(19-14)18-12-7-5-4-6-10(12)9-20-2/h4-8H,3,9H2,1-2H3,(H2,16,17,18,19). The van der Waals surface area contributed by atoms with E-state index >= 15 is 0 Å². The maximum Gasteiger partial charge on any atom is 0.224 e. The number of halogens is 1. The molecule has 0 fully saturated rings. The van der Waals surface area contributed by atoms with Crippen LogP contribution < -0.4 is 10.6 Å². The van der Waals surface area contributed by atoms with Gasteiger partial charge in [0.1, 0.15) is 5.02 Å². The number of hydrogen-bond donors (Lipinski definition) is 2. The van der Waals surface area contributed by atoms with Gasteiger partial charge >= 0.3 is 0 Å². The topological polar surface area (TPSA) is 59.1 Å². The van der Waals surface area contributed by atoms with E-state index in [-0.39, 0.29) is 0 Å². The van der Waals surface area contributed by atoms with Gasteiger partial charge in [0.15, 0.2) is 5.82 Å². The second-order valence-corrected chi connectivity index (χ2v) is 4.54. The fourth-order valence-corrected chi connectivity index (χ4v) is 1.89. The number of para-hydroxylation sites is 1. The summed E-state index contributed by atoms with van der Waals surface area (Å²) in [6.45, 7) is 3.26. The molecule has 2 rings (SSSR count). The smallest absolute Gasteiger partial charge is 0.224 e. The summed E-state index contributed by atoms with van der Waals surface area (Å²) in [6.07, 6.45) is 1.58. The minimum Gasteiger partial charge on any atom is -0.380 e. The van der Waals surface area contributed by atoms with E-state index < -0.39 is 0 Å². The third-order valence-electron chi connectivity index (χ3n) is 2.65. The van der Waals surface area contributed by atoms with Gasteiger partial charge < -0.3 is 15.4 Å². The highest BCUT2D eigenvalue weighted by molar-refractivity contribution is 6.32. The lowest BCUT2D eigenvalue weighted by molar-refractivity contribution is 0.185. The van der Waals surface area contributed by atoms with E-state index in [0.29, 0.717) is 23.4 Å². The Morgan fingerprint density at radius 3 is 2.85 bits per heavy atom. The van der Waals surface area contributed by atoms with Crippen molar-refractivity contribution < 1.29 is 4.74 Å². The summed E-state index contributed by atoms with van der Waals surface area (Å²) in [5.74, 6) is 1.12. The average Bonchev–Trinajstić information content (AvgIpc) is 2.45. The molecule has 106 valence electrons. The second kappa shape index (κ2) is 7.07. The van der Waals surface area contributed by atoms with Crippen LogP contribution >= 0.6 is 11.6 Å². The molecule has 0 bridgehead atoms. The molecule has 20 heavy (non-hydrogen) atoms. The SMILES string of the molecule is CCNc1ncc(Cl)c(Nc2ccccc2COC)n1. The summed E-state index contributed by atoms with van der Waals surface area (Å²) < 4.78 is 5.18. The lowest BCUT2D eigenvalue weighted by Gasteiger charge is -2.12. The van der Waals surface area contributed by atoms with Crippen LogP contribution in [0.4, 0.5) is 17.5 Å². The quantitative estimate of drug-likeness (QED) is 0.854. The first kappa shape index (κ1) is 14.6. The predicted molar refractivity (Wildman–Crippen MR) is 81.6 cm³/mol. The fraction of sp³-hybridized carbons (Fsp3) is 0.286. The molecule has 2 N–H and O–H groups in total. The largest absolute Gasteiger partial charge is 0.380 e. The molecular weight excluding hydrogens is 276 g/mol. The first-order valence-corrected chi connectivity index (χ1v) is 6.72. The normalized spacial score (nSPS) is 10.3. The zero-order valence-corrected chi connectivity index (χ0v) is 12.2. The molecule has 0 radical (unpaired) electrons. The molecule has 0 aliphatic heterocycles. The number of anilines is 3. The van der Waals surface area contributed by atoms with Crippen molar-refractivity contribution in [2.45, 2.75) is 13.5 Å². The fourth-order valence-electron chi connectivity index (χ4n) is 1.75. The van der Waals surface area contributed by atoms with Gasteiger partial charge in [-0.3, -0.25) is 0 Å². The van der Waals surface area contributed by atoms with Crippen LogP contribution in [0.2, 0.25) is 5.02 Å². The highest BCUT2D eigenvalue weighted by Crippen LogP contribution is 2.26. The van der Waals surface area contributed by atoms with Gasteiger partial charge in [0.2, 0.25) is 5.95 Å². The van der Waals surface area contributed by atoms with Crippen LogP contribution in [0.15, 0.2) is 30.5 Å². The summed E-state index contributed by atoms with van der Waals surface area (Å²) >= 11 is 6.13. The van der Waals surface area contributed by atoms with Crippen LogP contribution in [0.3, 0.4) is 0 Å². The van der Waals surface area contributed by atoms with Crippen LogP contribution in [0.1, 0.15) is 12.5 Å². The molecule has 1 aromatic carbocycles. The Hall–Kier alpha value is -1.85. The Labute approximate surface area is 123 Å². The summed E-state index contributed by atoms with van der Waals surface area (Å²) in [5.41, 5.74) is 1.95. The van der Waals surface area contributed by atoms with Gasteiger partial charge in [0.25, 0.3) is 0 Å². The lowest BCUT2D eigenvalue weighted by atomic mass is 10.2. The van der Waals surface area contributed by atoms with Gasteiger partial charge in [0.05, 0.1) is 12.8 Å². The van der Waals surface area contributed by atoms with Gasteiger partial charge in [-0.1, -0.05) is 29.8 Å². The van der Waals surface area contributed by atoms with Crippen molar-refractivity contribution in [3.05, 3.63) is 41.0 Å². The number of nitrogens with zero attached hydrogens (tertiary/aromatic N) is 2. The Kier molecular flexibility index (Phi) is 5.15. The highest BCUT2D eigenvalue weighted by Gasteiger charge is 2.08. The van der Waals surface area contributed by atoms with Gasteiger partial charge in [-0.25, -0.2) is 4.98 Å². The van der Waals surface area contributed by atoms with Crippen LogP contribution in [0.5, 0.6) is 0 Å². The molecule has 2 aromatic rings. The lowest BCUT2D eigenvalue weighted by Crippen LogP contribution is -2.05. The molecule has 0 aliphatic rings. The van der Waals surface area contributed by atoms with Crippen molar-refractivity contribution in [2.75, 3.05) is 24.3 Å². The number of methoxy groups -OCH3 is 1. The monoisotopic (exact) mass is 292 g/mol. The number of ether oxygens (including phenoxy) is 1. The zero-order chi connectivity index (χ0) is 14.4. The van der Waals surface area contributed by atoms with Gasteiger partial charge in [-0.05, 0) is 13.0 Å². The minimum atomic E-state index is 0.471. The number of nitrogens with one attached hydrogen (secondary N) is 2. The van der Waals surface area contributed by atoms with Gasteiger partial charge in [-0.15, -0.1) is 0 Å². The number of rotatable bonds is 6. The Morgan fingerprint density at radius 1 is 1.30 bits per heavy atom. The van der Waals surface area contributed by atoms with Gasteiger partial charge in [0, 0.05) is 24.9 Å². The Bertz CT molecular complexity index is 577. The van der Waals surface area contributed by atoms with Gasteiger partial charge in [-0.2, -0.15) is 4.98 Å². The molecule has 6 heteroatoms. The Morgan fingerprint density at radius 2 is 2.10 bits per heavy atom. The molecule has 0 atom stereocenters. The van der Waals surface area contributed by atoms with Crippen molar-refractivity contribution in [1.82, 2.24) is 9.97 Å². The van der Waals surface area contributed by atoms with E-state index in [1.54, 1.807) is 13.3 Å². The maximum atomic E-state index is 6.13. The molecule has 0 saturated heterocycles. The van der Waals surface area contributed by atoms with Crippen LogP contribution in [0, 0.1) is 0 Å². The third-order valence-corrected chi connectivity index (χ3v) is 2.93. The molecular formula is C14H17ClN4O. The van der Waals surface area contributed by atoms with E-state index in [1.807, 2.05) is 31.2 Å². The molecule has 0 saturated carbocycles. The van der Waals surface area contributed by atoms with Crippen molar-refractivity contribution in [3.63, 3.8) is 0 Å². The highest BCUT2D eigenvalue weighted by atomic mass is 35.5. The molecule has 0 spiro atoms. The summed E-state index contributed by atoms with van der Waals surface area (Å²) in [4.78, 5) is 8.46. The number of hydrogen-bond acceptors (Lipinski definition) is 5. The molecule has 0 aliphatic carbocycles. The molecule has 1 heterocycles. The van der Waals surface area contributed by atoms with Crippen molar-refractivity contribution in [1.29, 1.82) is 0 Å². The minimum absolute atomic E-state index is 0.471. The first-order valence-electron chi connectivity index (χ1n) is 6.35. The first-order chi connectivity index (χ1) is 9.74. The van der Waals surface area contributed by atoms with E-state index in [4.69, 9.17) is 16.3 Å². The van der Waals surface area contributed by atoms with Crippen LogP contribution in [0.25, 0.3) is 0 Å². The molecule has 5 nitrogen and oxygen atoms in total. The van der Waals surface area contributed by atoms with E-state index in [1.165, 1.54) is 0 Å². The maximum absolute atomic E-state index is 6.13. The third kappa shape index (κ3) is 3.59. The summed E-state index contributed by atoms with van der Waals surface area (Å²) in [6, 6.07) is 7.86. The van der Waals surface area contributed by atoms with Crippen molar-refractivity contribution in [3.8, 4) is 0 Å². The number of aromatic nitrogens is 2. The predicted octanol–water partition coefficient (Wildman–Crippen LogP) is 3.45. The average molecular weight is 293 g/mol. The molecule has 1 aromatic heterocycles. The number of benzene rings is 1. The van der Waals surface area contributed by atoms with E-state index in [2.05, 4.69) is 20.6 Å². The molecule has 0 amide bonds. The van der Waals surface area contributed by atoms with Crippen molar-refractivity contribution >= 4 is 29.1 Å². The second-order valence-electron chi connectivity index (χ2n) is 4.14. The summed E-state index contributed by atoms with van der Waals surface area (Å²) in [7, 11) is 1.66. The van der Waals surface area contributed by atoms with E-state index in [9.17, 15) is 0 Å². The van der Waals surface area contributed by atoms with Crippen LogP contribution in [-0.2, 0) is 11.3 Å². The van der Waals surface area contributed by atoms with E-state index in [0.717, 1.165) is 17.8 Å². The zero-order valence-electron chi connectivity index (χ0n) is 11.5. The summed E-state index contributed by atoms with van der Waals surface area (Å²) in [5, 5.41) is 6.75. The Balaban J connectivity index is 2.27.